The highest BCUT2D eigenvalue weighted by Crippen LogP contribution is 2.41. The molecule has 0 unspecified atom stereocenters. The molecule has 4 heterocycles. The van der Waals surface area contributed by atoms with Gasteiger partial charge in [0.05, 0.1) is 19.0 Å². The van der Waals surface area contributed by atoms with Gasteiger partial charge in [0.15, 0.2) is 0 Å². The number of piperidine rings is 1. The minimum absolute atomic E-state index is 0.210. The smallest absolute Gasteiger partial charge is 0.231 e. The molecule has 1 fully saturated rings. The fourth-order valence-corrected chi connectivity index (χ4v) is 4.28. The Morgan fingerprint density at radius 1 is 1.14 bits per heavy atom. The van der Waals surface area contributed by atoms with Crippen molar-refractivity contribution in [3.8, 4) is 17.3 Å². The largest absolute Gasteiger partial charge is 0.487 e. The Bertz CT molecular complexity index is 1040. The Hall–Kier alpha value is -3.16. The van der Waals surface area contributed by atoms with E-state index in [0.717, 1.165) is 61.1 Å². The fourth-order valence-electron chi connectivity index (χ4n) is 4.28. The monoisotopic (exact) mass is 395 g/mol. The first-order valence-corrected chi connectivity index (χ1v) is 9.72. The van der Waals surface area contributed by atoms with Crippen LogP contribution in [-0.4, -0.2) is 45.5 Å². The number of anilines is 1. The minimum atomic E-state index is -0.256. The van der Waals surface area contributed by atoms with Crippen molar-refractivity contribution in [1.29, 1.82) is 0 Å². The van der Waals surface area contributed by atoms with Gasteiger partial charge >= 0.3 is 0 Å². The second-order valence-corrected chi connectivity index (χ2v) is 7.64. The van der Waals surface area contributed by atoms with Crippen molar-refractivity contribution >= 4 is 5.95 Å². The lowest BCUT2D eigenvalue weighted by Gasteiger charge is -2.39. The third kappa shape index (κ3) is 3.08. The molecule has 2 aliphatic heterocycles. The molecule has 3 aromatic rings. The van der Waals surface area contributed by atoms with Crippen LogP contribution in [-0.2, 0) is 6.42 Å². The lowest BCUT2D eigenvalue weighted by Crippen LogP contribution is -2.48. The van der Waals surface area contributed by atoms with Crippen molar-refractivity contribution < 1.29 is 13.9 Å². The summed E-state index contributed by atoms with van der Waals surface area (Å²) >= 11 is 0. The Balaban J connectivity index is 1.36. The van der Waals surface area contributed by atoms with Crippen LogP contribution in [0, 0.1) is 12.7 Å². The van der Waals surface area contributed by atoms with E-state index >= 15 is 0 Å². The van der Waals surface area contributed by atoms with E-state index in [-0.39, 0.29) is 11.4 Å². The Labute approximate surface area is 168 Å². The maximum Gasteiger partial charge on any atom is 0.231 e. The van der Waals surface area contributed by atoms with Crippen molar-refractivity contribution in [2.45, 2.75) is 31.8 Å². The number of benzene rings is 1. The average molecular weight is 395 g/mol. The molecule has 29 heavy (non-hydrogen) atoms. The topological polar surface area (TPSA) is 65.3 Å². The molecular weight excluding hydrogens is 373 g/mol. The van der Waals surface area contributed by atoms with E-state index in [1.165, 1.54) is 6.07 Å². The van der Waals surface area contributed by atoms with Crippen LogP contribution in [0.5, 0.6) is 11.6 Å². The number of halogens is 1. The van der Waals surface area contributed by atoms with Gasteiger partial charge in [0.1, 0.15) is 23.0 Å². The van der Waals surface area contributed by atoms with Gasteiger partial charge in [-0.15, -0.1) is 10.2 Å². The van der Waals surface area contributed by atoms with Crippen LogP contribution in [0.15, 0.2) is 36.5 Å². The van der Waals surface area contributed by atoms with Crippen LogP contribution in [0.3, 0.4) is 0 Å². The van der Waals surface area contributed by atoms with Crippen molar-refractivity contribution in [2.24, 2.45) is 0 Å². The number of ether oxygens (including phenoxy) is 2. The molecular formula is C21H22FN5O2. The van der Waals surface area contributed by atoms with Crippen LogP contribution in [0.1, 0.15) is 24.2 Å². The third-order valence-electron chi connectivity index (χ3n) is 5.81. The molecule has 0 radical (unpaired) electrons. The van der Waals surface area contributed by atoms with Crippen molar-refractivity contribution in [2.75, 3.05) is 25.1 Å². The zero-order valence-corrected chi connectivity index (χ0v) is 16.4. The molecule has 1 spiro atoms. The molecule has 1 saturated heterocycles. The van der Waals surface area contributed by atoms with Crippen LogP contribution < -0.4 is 14.4 Å². The van der Waals surface area contributed by atoms with E-state index in [2.05, 4.69) is 20.1 Å². The second kappa shape index (κ2) is 6.72. The van der Waals surface area contributed by atoms with Gasteiger partial charge in [-0.2, -0.15) is 0 Å². The summed E-state index contributed by atoms with van der Waals surface area (Å²) in [5.41, 5.74) is 1.60. The molecule has 7 nitrogen and oxygen atoms in total. The maximum atomic E-state index is 13.6. The highest BCUT2D eigenvalue weighted by Gasteiger charge is 2.42. The SMILES string of the molecule is COc1ccc(-n2c(C)nnc2N2CCC3(CC2)Cc2cc(F)ccc2O3)cn1. The van der Waals surface area contributed by atoms with E-state index in [9.17, 15) is 4.39 Å². The molecule has 8 heteroatoms. The van der Waals surface area contributed by atoms with Gasteiger partial charge in [-0.25, -0.2) is 9.37 Å². The highest BCUT2D eigenvalue weighted by atomic mass is 19.1. The molecule has 1 aromatic carbocycles. The van der Waals surface area contributed by atoms with Gasteiger partial charge < -0.3 is 14.4 Å². The number of rotatable bonds is 3. The molecule has 0 saturated carbocycles. The molecule has 2 aliphatic rings. The van der Waals surface area contributed by atoms with Gasteiger partial charge in [0.25, 0.3) is 0 Å². The zero-order chi connectivity index (χ0) is 20.0. The molecule has 0 aliphatic carbocycles. The second-order valence-electron chi connectivity index (χ2n) is 7.64. The number of aromatic nitrogens is 4. The average Bonchev–Trinajstić information content (AvgIpc) is 3.28. The lowest BCUT2D eigenvalue weighted by atomic mass is 9.87. The quantitative estimate of drug-likeness (QED) is 0.679. The number of aryl methyl sites for hydroxylation is 1. The number of fused-ring (bicyclic) bond motifs is 1. The molecule has 0 amide bonds. The van der Waals surface area contributed by atoms with Gasteiger partial charge in [0.2, 0.25) is 11.8 Å². The van der Waals surface area contributed by atoms with Gasteiger partial charge in [-0.05, 0) is 31.2 Å². The first kappa shape index (κ1) is 17.9. The summed E-state index contributed by atoms with van der Waals surface area (Å²) in [4.78, 5) is 6.53. The van der Waals surface area contributed by atoms with E-state index in [4.69, 9.17) is 9.47 Å². The maximum absolute atomic E-state index is 13.6. The summed E-state index contributed by atoms with van der Waals surface area (Å²) in [5.74, 6) is 2.76. The Morgan fingerprint density at radius 3 is 2.69 bits per heavy atom. The third-order valence-corrected chi connectivity index (χ3v) is 5.81. The predicted molar refractivity (Wildman–Crippen MR) is 105 cm³/mol. The number of methoxy groups -OCH3 is 1. The van der Waals surface area contributed by atoms with E-state index in [1.54, 1.807) is 25.4 Å². The molecule has 150 valence electrons. The molecule has 5 rings (SSSR count). The standard InChI is InChI=1S/C21H22FN5O2/c1-14-24-25-20(27(14)17-4-6-19(28-2)23-13-17)26-9-7-21(8-10-26)12-15-11-16(22)3-5-18(15)29-21/h3-6,11,13H,7-10,12H2,1-2H3. The first-order valence-electron chi connectivity index (χ1n) is 9.72. The Morgan fingerprint density at radius 2 is 1.97 bits per heavy atom. The van der Waals surface area contributed by atoms with Crippen LogP contribution in [0.25, 0.3) is 5.69 Å². The number of nitrogens with zero attached hydrogens (tertiary/aromatic N) is 5. The normalized spacial score (nSPS) is 17.3. The number of hydrogen-bond acceptors (Lipinski definition) is 6. The first-order chi connectivity index (χ1) is 14.1. The summed E-state index contributed by atoms with van der Waals surface area (Å²) in [6.45, 7) is 3.51. The molecule has 0 atom stereocenters. The zero-order valence-electron chi connectivity index (χ0n) is 16.4. The molecule has 0 N–H and O–H groups in total. The van der Waals surface area contributed by atoms with Gasteiger partial charge in [-0.3, -0.25) is 4.57 Å². The van der Waals surface area contributed by atoms with Crippen LogP contribution >= 0.6 is 0 Å². The van der Waals surface area contributed by atoms with Gasteiger partial charge in [0, 0.05) is 44.0 Å². The van der Waals surface area contributed by atoms with E-state index in [0.29, 0.717) is 5.88 Å². The van der Waals surface area contributed by atoms with Crippen molar-refractivity contribution in [3.63, 3.8) is 0 Å². The summed E-state index contributed by atoms with van der Waals surface area (Å²) in [5, 5.41) is 8.70. The molecule has 0 bridgehead atoms. The summed E-state index contributed by atoms with van der Waals surface area (Å²) < 4.78 is 27.0. The van der Waals surface area contributed by atoms with Crippen molar-refractivity contribution in [3.05, 3.63) is 53.7 Å². The Kier molecular flexibility index (Phi) is 4.15. The minimum Gasteiger partial charge on any atom is -0.487 e. The molecule has 2 aromatic heterocycles. The number of pyridine rings is 1. The summed E-state index contributed by atoms with van der Waals surface area (Å²) in [7, 11) is 1.60. The van der Waals surface area contributed by atoms with Crippen LogP contribution in [0.2, 0.25) is 0 Å². The van der Waals surface area contributed by atoms with E-state index in [1.807, 2.05) is 23.6 Å². The van der Waals surface area contributed by atoms with E-state index < -0.39 is 0 Å². The summed E-state index contributed by atoms with van der Waals surface area (Å²) in [6, 6.07) is 8.56. The van der Waals surface area contributed by atoms with Crippen LogP contribution in [0.4, 0.5) is 10.3 Å². The fraction of sp³-hybridized carbons (Fsp3) is 0.381. The van der Waals surface area contributed by atoms with Crippen molar-refractivity contribution in [1.82, 2.24) is 19.7 Å². The van der Waals surface area contributed by atoms with Gasteiger partial charge in [-0.1, -0.05) is 0 Å². The lowest BCUT2D eigenvalue weighted by molar-refractivity contribution is 0.0664. The predicted octanol–water partition coefficient (Wildman–Crippen LogP) is 3.09. The highest BCUT2D eigenvalue weighted by molar-refractivity contribution is 5.45. The number of hydrogen-bond donors (Lipinski definition) is 0. The summed E-state index contributed by atoms with van der Waals surface area (Å²) in [6.07, 6.45) is 4.20.